The van der Waals surface area contributed by atoms with E-state index in [1.807, 2.05) is 0 Å². The van der Waals surface area contributed by atoms with Gasteiger partial charge in [0.1, 0.15) is 0 Å². The average Bonchev–Trinajstić information content (AvgIpc) is 2.89. The molecule has 4 unspecified atom stereocenters. The number of hydrogen-bond acceptors (Lipinski definition) is 16. The van der Waals surface area contributed by atoms with Crippen molar-refractivity contribution in [3.05, 3.63) is 0 Å². The van der Waals surface area contributed by atoms with Gasteiger partial charge in [-0.1, -0.05) is 25.7 Å². The summed E-state index contributed by atoms with van der Waals surface area (Å²) in [4.78, 5) is 40.1. The van der Waals surface area contributed by atoms with Gasteiger partial charge < -0.3 is 85.5 Å². The fraction of sp³-hybridized carbons (Fsp3) is 0.833. The molecule has 0 bridgehead atoms. The molecule has 0 heterocycles. The van der Waals surface area contributed by atoms with E-state index in [0.29, 0.717) is 51.9 Å². The predicted octanol–water partition coefficient (Wildman–Crippen LogP) is -7.23. The average molecular weight is 672 g/mol. The van der Waals surface area contributed by atoms with Gasteiger partial charge in [-0.3, -0.25) is 0 Å². The number of rotatable bonds is 20. The van der Waals surface area contributed by atoms with E-state index in [2.05, 4.69) is 0 Å². The van der Waals surface area contributed by atoms with Crippen molar-refractivity contribution in [2.45, 2.75) is 101 Å². The molecule has 16 nitrogen and oxygen atoms in total. The number of carbonyl (C=O) groups excluding carboxylic acids is 4. The first-order valence-corrected chi connectivity index (χ1v) is 13.4. The van der Waals surface area contributed by atoms with Gasteiger partial charge in [-0.25, -0.2) is 0 Å². The molecule has 0 fully saturated rings. The minimum atomic E-state index is -1.18. The smallest absolute Gasteiger partial charge is 0.548 e. The van der Waals surface area contributed by atoms with Crippen LogP contribution in [0.2, 0.25) is 0 Å². The van der Waals surface area contributed by atoms with Crippen LogP contribution in [0.4, 0.5) is 0 Å². The maximum absolute atomic E-state index is 10.0. The first-order chi connectivity index (χ1) is 18.7. The van der Waals surface area contributed by atoms with Crippen LogP contribution in [0.3, 0.4) is 0 Å². The van der Waals surface area contributed by atoms with Crippen LogP contribution in [0.5, 0.6) is 0 Å². The molecule has 0 radical (unpaired) electrons. The van der Waals surface area contributed by atoms with E-state index >= 15 is 0 Å². The topological polar surface area (TPSA) is 369 Å². The Balaban J connectivity index is -0.000000139. The predicted molar refractivity (Wildman–Crippen MR) is 144 cm³/mol. The first kappa shape index (κ1) is 49.1. The maximum atomic E-state index is 10.0. The third-order valence-corrected chi connectivity index (χ3v) is 5.09. The second-order valence-electron chi connectivity index (χ2n) is 8.84. The van der Waals surface area contributed by atoms with Gasteiger partial charge in [-0.2, -0.15) is 0 Å². The molecule has 0 saturated carbocycles. The number of nitrogens with two attached hydrogens (primary N) is 8. The number of carboxylic acids is 4. The third kappa shape index (κ3) is 43.0. The van der Waals surface area contributed by atoms with Crippen LogP contribution in [0.15, 0.2) is 0 Å². The standard InChI is InChI=1S/4C6H14N2O2.Zr/c4*7-4-2-1-3-5(8)6(9)10;/h4*5H,1-4,7-8H2,(H,9,10);/q;;;;+4/p-4. The fourth-order valence-corrected chi connectivity index (χ4v) is 2.51. The van der Waals surface area contributed by atoms with Crippen LogP contribution in [0.25, 0.3) is 0 Å². The van der Waals surface area contributed by atoms with Gasteiger partial charge in [0, 0.05) is 24.2 Å². The summed E-state index contributed by atoms with van der Waals surface area (Å²) in [6, 6.07) is -3.31. The Morgan fingerprint density at radius 3 is 0.634 bits per heavy atom. The molecule has 0 spiro atoms. The van der Waals surface area contributed by atoms with Crippen molar-refractivity contribution in [3.8, 4) is 0 Å². The molecule has 0 aromatic heterocycles. The summed E-state index contributed by atoms with van der Waals surface area (Å²) in [6.45, 7) is 2.33. The number of aliphatic carboxylic acids is 4. The molecule has 240 valence electrons. The van der Waals surface area contributed by atoms with Crippen LogP contribution < -0.4 is 66.3 Å². The van der Waals surface area contributed by atoms with Crippen molar-refractivity contribution in [1.29, 1.82) is 0 Å². The fourth-order valence-electron chi connectivity index (χ4n) is 2.51. The second-order valence-corrected chi connectivity index (χ2v) is 8.84. The van der Waals surface area contributed by atoms with Gasteiger partial charge in [0.05, 0.1) is 23.9 Å². The molecule has 0 aliphatic carbocycles. The van der Waals surface area contributed by atoms with Crippen molar-refractivity contribution in [3.63, 3.8) is 0 Å². The molecule has 17 heteroatoms. The number of carboxylic acid groups (broad SMARTS) is 4. The van der Waals surface area contributed by atoms with E-state index in [1.165, 1.54) is 0 Å². The first-order valence-electron chi connectivity index (χ1n) is 13.4. The van der Waals surface area contributed by atoms with Gasteiger partial charge in [0.2, 0.25) is 0 Å². The number of unbranched alkanes of at least 4 members (excludes halogenated alkanes) is 4. The van der Waals surface area contributed by atoms with E-state index in [-0.39, 0.29) is 26.2 Å². The van der Waals surface area contributed by atoms with E-state index in [0.717, 1.165) is 51.4 Å². The van der Waals surface area contributed by atoms with E-state index < -0.39 is 48.0 Å². The monoisotopic (exact) mass is 670 g/mol. The van der Waals surface area contributed by atoms with E-state index in [1.54, 1.807) is 0 Å². The van der Waals surface area contributed by atoms with Crippen molar-refractivity contribution in [2.24, 2.45) is 45.9 Å². The molecule has 16 N–H and O–H groups in total. The Bertz CT molecular complexity index is 534. The Morgan fingerprint density at radius 2 is 0.537 bits per heavy atom. The summed E-state index contributed by atoms with van der Waals surface area (Å²) in [5, 5.41) is 40.1. The molecule has 4 atom stereocenters. The van der Waals surface area contributed by atoms with Crippen molar-refractivity contribution in [2.75, 3.05) is 26.2 Å². The van der Waals surface area contributed by atoms with Gasteiger partial charge in [-0.05, 0) is 77.5 Å². The zero-order chi connectivity index (χ0) is 31.9. The Kier molecular flexibility index (Phi) is 43.7. The second kappa shape index (κ2) is 36.5. The minimum absolute atomic E-state index is 0. The van der Waals surface area contributed by atoms with Crippen LogP contribution in [0.1, 0.15) is 77.0 Å². The molecule has 0 aromatic carbocycles. The largest absolute Gasteiger partial charge is 4.00 e. The molecular formula is C24H52N8O8Zr. The minimum Gasteiger partial charge on any atom is -0.548 e. The number of carbonyl (C=O) groups is 4. The molecule has 0 saturated heterocycles. The summed E-state index contributed by atoms with van der Waals surface area (Å²) in [5.74, 6) is -4.73. The summed E-state index contributed by atoms with van der Waals surface area (Å²) >= 11 is 0. The SMILES string of the molecule is NCCCCC(N)C(=O)[O-].NCCCCC(N)C(=O)[O-].NCCCCC(N)C(=O)[O-].NCCCCC(N)C(=O)[O-].[Zr+4]. The Labute approximate surface area is 262 Å². The van der Waals surface area contributed by atoms with E-state index in [9.17, 15) is 39.6 Å². The normalized spacial score (nSPS) is 12.7. The van der Waals surface area contributed by atoms with Crippen LogP contribution in [-0.2, 0) is 45.4 Å². The van der Waals surface area contributed by atoms with Crippen molar-refractivity contribution >= 4 is 23.9 Å². The maximum Gasteiger partial charge on any atom is 4.00 e. The summed E-state index contributed by atoms with van der Waals surface area (Å²) < 4.78 is 0. The summed E-state index contributed by atoms with van der Waals surface area (Å²) in [6.07, 6.45) is 8.14. The zero-order valence-electron chi connectivity index (χ0n) is 24.0. The van der Waals surface area contributed by atoms with Gasteiger partial charge in [0.25, 0.3) is 0 Å². The van der Waals surface area contributed by atoms with Gasteiger partial charge in [0.15, 0.2) is 0 Å². The van der Waals surface area contributed by atoms with Crippen LogP contribution in [-0.4, -0.2) is 74.2 Å². The molecule has 0 aliphatic heterocycles. The van der Waals surface area contributed by atoms with Gasteiger partial charge >= 0.3 is 26.2 Å². The molecule has 0 aliphatic rings. The molecule has 0 amide bonds. The number of hydrogen-bond donors (Lipinski definition) is 8. The molecule has 41 heavy (non-hydrogen) atoms. The third-order valence-electron chi connectivity index (χ3n) is 5.09. The quantitative estimate of drug-likeness (QED) is 0.0557. The van der Waals surface area contributed by atoms with Crippen molar-refractivity contribution in [1.82, 2.24) is 0 Å². The Hall–Kier alpha value is -1.56. The van der Waals surface area contributed by atoms with Gasteiger partial charge in [-0.15, -0.1) is 0 Å². The molecule has 0 rings (SSSR count). The zero-order valence-corrected chi connectivity index (χ0v) is 26.5. The van der Waals surface area contributed by atoms with E-state index in [4.69, 9.17) is 45.9 Å². The molecular weight excluding hydrogens is 620 g/mol. The summed E-state index contributed by atoms with van der Waals surface area (Å²) in [5.41, 5.74) is 41.4. The molecule has 0 aromatic rings. The van der Waals surface area contributed by atoms with Crippen LogP contribution >= 0.6 is 0 Å². The Morgan fingerprint density at radius 1 is 0.390 bits per heavy atom. The van der Waals surface area contributed by atoms with Crippen LogP contribution in [0, 0.1) is 0 Å². The summed E-state index contributed by atoms with van der Waals surface area (Å²) in [7, 11) is 0. The van der Waals surface area contributed by atoms with Crippen molar-refractivity contribution < 1.29 is 65.8 Å².